The molecule has 2 rings (SSSR count). The normalized spacial score (nSPS) is 11.0. The van der Waals surface area contributed by atoms with Crippen LogP contribution in [0.1, 0.15) is 54.3 Å². The van der Waals surface area contributed by atoms with E-state index in [1.54, 1.807) is 0 Å². The van der Waals surface area contributed by atoms with E-state index in [2.05, 4.69) is 67.8 Å². The fraction of sp³-hybridized carbons (Fsp3) is 0.333. The fourth-order valence-corrected chi connectivity index (χ4v) is 3.55. The van der Waals surface area contributed by atoms with Crippen LogP contribution in [0.3, 0.4) is 0 Å². The molecule has 1 heterocycles. The van der Waals surface area contributed by atoms with Gasteiger partial charge in [0.25, 0.3) is 0 Å². The minimum absolute atomic E-state index is 0.893. The molecule has 0 unspecified atom stereocenters. The van der Waals surface area contributed by atoms with Crippen LogP contribution in [0.5, 0.6) is 0 Å². The summed E-state index contributed by atoms with van der Waals surface area (Å²) in [4.78, 5) is 2.60. The molecule has 0 saturated carbocycles. The molecule has 130 valence electrons. The molecule has 0 aliphatic carbocycles. The maximum Gasteiger partial charge on any atom is 0.0775 e. The quantitative estimate of drug-likeness (QED) is 0.261. The molecule has 0 aliphatic rings. The number of aryl methyl sites for hydroxylation is 1. The van der Waals surface area contributed by atoms with Gasteiger partial charge >= 0.3 is 0 Å². The molecule has 0 amide bonds. The van der Waals surface area contributed by atoms with E-state index in [1.807, 2.05) is 23.5 Å². The summed E-state index contributed by atoms with van der Waals surface area (Å²) in [6.45, 7) is 6.15. The van der Waals surface area contributed by atoms with Crippen LogP contribution in [0.25, 0.3) is 0 Å². The van der Waals surface area contributed by atoms with Crippen LogP contribution in [0.15, 0.2) is 66.8 Å². The third-order valence-corrected chi connectivity index (χ3v) is 5.20. The summed E-state index contributed by atoms with van der Waals surface area (Å²) >= 11 is 1.83. The Morgan fingerprint density at radius 3 is 2.60 bits per heavy atom. The van der Waals surface area contributed by atoms with Crippen LogP contribution >= 0.6 is 11.3 Å². The van der Waals surface area contributed by atoms with E-state index in [9.17, 15) is 0 Å². The summed E-state index contributed by atoms with van der Waals surface area (Å²) in [6.07, 6.45) is 12.7. The minimum Gasteiger partial charge on any atom is -0.132 e. The molecule has 0 spiro atoms. The number of unbranched alkanes of at least 4 members (excludes halogenated alkanes) is 4. The van der Waals surface area contributed by atoms with Crippen molar-refractivity contribution in [3.8, 4) is 11.8 Å². The van der Waals surface area contributed by atoms with Crippen LogP contribution in [0, 0.1) is 11.8 Å². The van der Waals surface area contributed by atoms with Crippen LogP contribution in [-0.2, 0) is 12.8 Å². The lowest BCUT2D eigenvalue weighted by Crippen LogP contribution is -1.81. The molecule has 1 aromatic heterocycles. The Balaban J connectivity index is 1.87. The van der Waals surface area contributed by atoms with E-state index >= 15 is 0 Å². The predicted molar refractivity (Wildman–Crippen MR) is 112 cm³/mol. The van der Waals surface area contributed by atoms with Gasteiger partial charge < -0.3 is 0 Å². The molecule has 0 N–H and O–H groups in total. The van der Waals surface area contributed by atoms with E-state index < -0.39 is 0 Å². The molecular weight excluding hydrogens is 320 g/mol. The Kier molecular flexibility index (Phi) is 8.87. The highest BCUT2D eigenvalue weighted by atomic mass is 32.1. The first-order chi connectivity index (χ1) is 12.3. The molecule has 0 bridgehead atoms. The molecule has 0 radical (unpaired) electrons. The summed E-state index contributed by atoms with van der Waals surface area (Å²) in [6, 6.07) is 14.8. The Morgan fingerprint density at radius 1 is 1.04 bits per heavy atom. The minimum atomic E-state index is 0.893. The zero-order valence-electron chi connectivity index (χ0n) is 15.3. The van der Waals surface area contributed by atoms with E-state index in [-0.39, 0.29) is 0 Å². The van der Waals surface area contributed by atoms with Crippen molar-refractivity contribution in [2.75, 3.05) is 0 Å². The third kappa shape index (κ3) is 7.59. The van der Waals surface area contributed by atoms with E-state index in [0.717, 1.165) is 16.9 Å². The van der Waals surface area contributed by atoms with Gasteiger partial charge in [0.15, 0.2) is 0 Å². The number of hydrogen-bond donors (Lipinski definition) is 0. The van der Waals surface area contributed by atoms with Crippen LogP contribution < -0.4 is 0 Å². The lowest BCUT2D eigenvalue weighted by Gasteiger charge is -1.97. The molecule has 0 aliphatic heterocycles. The van der Waals surface area contributed by atoms with Crippen molar-refractivity contribution in [2.24, 2.45) is 0 Å². The standard InChI is InChI=1S/C24H28S/c1-3-5-6-7-11-14-23-19-20-24(25-23)18-17-21(4-2)15-16-22-12-9-8-10-13-22/h4,8-10,12-13,15,19-20H,2-3,5-7,11,14,16H2,1H3/b21-15+. The van der Waals surface area contributed by atoms with Gasteiger partial charge in [-0.05, 0) is 37.0 Å². The Morgan fingerprint density at radius 2 is 1.84 bits per heavy atom. The van der Waals surface area contributed by atoms with Gasteiger partial charge in [-0.1, -0.05) is 93.5 Å². The largest absolute Gasteiger partial charge is 0.132 e. The van der Waals surface area contributed by atoms with Gasteiger partial charge in [-0.3, -0.25) is 0 Å². The molecule has 25 heavy (non-hydrogen) atoms. The van der Waals surface area contributed by atoms with E-state index in [4.69, 9.17) is 0 Å². The number of thiophene rings is 1. The van der Waals surface area contributed by atoms with Crippen LogP contribution in [-0.4, -0.2) is 0 Å². The maximum absolute atomic E-state index is 3.89. The molecule has 0 saturated heterocycles. The molecular formula is C24H28S. The molecule has 0 atom stereocenters. The second kappa shape index (κ2) is 11.5. The van der Waals surface area contributed by atoms with Gasteiger partial charge in [-0.25, -0.2) is 0 Å². The highest BCUT2D eigenvalue weighted by Gasteiger charge is 1.98. The average molecular weight is 349 g/mol. The zero-order chi connectivity index (χ0) is 17.7. The lowest BCUT2D eigenvalue weighted by molar-refractivity contribution is 0.634. The van der Waals surface area contributed by atoms with E-state index in [0.29, 0.717) is 0 Å². The van der Waals surface area contributed by atoms with Crippen LogP contribution in [0.4, 0.5) is 0 Å². The average Bonchev–Trinajstić information content (AvgIpc) is 3.10. The Hall–Kier alpha value is -2.04. The molecule has 0 fully saturated rings. The van der Waals surface area contributed by atoms with Gasteiger partial charge in [-0.15, -0.1) is 11.3 Å². The number of hydrogen-bond acceptors (Lipinski definition) is 1. The molecule has 2 aromatic rings. The second-order valence-electron chi connectivity index (χ2n) is 6.23. The lowest BCUT2D eigenvalue weighted by atomic mass is 10.1. The predicted octanol–water partition coefficient (Wildman–Crippen LogP) is 6.97. The summed E-state index contributed by atoms with van der Waals surface area (Å²) < 4.78 is 0. The summed E-state index contributed by atoms with van der Waals surface area (Å²) in [5, 5.41) is 0. The van der Waals surface area contributed by atoms with Gasteiger partial charge in [0.1, 0.15) is 0 Å². The SMILES string of the molecule is C=C/C(C#Cc1ccc(CCCCCCC)s1)=C\Cc1ccccc1. The van der Waals surface area contributed by atoms with Crippen molar-refractivity contribution in [2.45, 2.75) is 51.9 Å². The van der Waals surface area contributed by atoms with Crippen molar-refractivity contribution in [1.82, 2.24) is 0 Å². The van der Waals surface area contributed by atoms with Gasteiger partial charge in [0.05, 0.1) is 4.88 Å². The topological polar surface area (TPSA) is 0 Å². The van der Waals surface area contributed by atoms with Gasteiger partial charge in [0.2, 0.25) is 0 Å². The molecule has 1 aromatic carbocycles. The van der Waals surface area contributed by atoms with Gasteiger partial charge in [0, 0.05) is 10.5 Å². The molecule has 1 heteroatoms. The fourth-order valence-electron chi connectivity index (χ4n) is 2.64. The molecule has 0 nitrogen and oxygen atoms in total. The highest BCUT2D eigenvalue weighted by molar-refractivity contribution is 7.12. The first kappa shape index (κ1) is 19.3. The first-order valence-corrected chi connectivity index (χ1v) is 10.1. The smallest absolute Gasteiger partial charge is 0.0775 e. The van der Waals surface area contributed by atoms with Crippen molar-refractivity contribution < 1.29 is 0 Å². The Labute approximate surface area is 157 Å². The van der Waals surface area contributed by atoms with Crippen molar-refractivity contribution in [3.05, 3.63) is 82.1 Å². The highest BCUT2D eigenvalue weighted by Crippen LogP contribution is 2.18. The number of benzene rings is 1. The van der Waals surface area contributed by atoms with Crippen molar-refractivity contribution in [1.29, 1.82) is 0 Å². The van der Waals surface area contributed by atoms with Crippen molar-refractivity contribution in [3.63, 3.8) is 0 Å². The van der Waals surface area contributed by atoms with Gasteiger partial charge in [-0.2, -0.15) is 0 Å². The van der Waals surface area contributed by atoms with Crippen LogP contribution in [0.2, 0.25) is 0 Å². The Bertz CT molecular complexity index is 722. The first-order valence-electron chi connectivity index (χ1n) is 9.29. The summed E-state index contributed by atoms with van der Waals surface area (Å²) in [5.74, 6) is 6.55. The van der Waals surface area contributed by atoms with E-state index in [1.165, 1.54) is 49.0 Å². The zero-order valence-corrected chi connectivity index (χ0v) is 16.1. The third-order valence-electron chi connectivity index (χ3n) is 4.14. The summed E-state index contributed by atoms with van der Waals surface area (Å²) in [7, 11) is 0. The monoisotopic (exact) mass is 348 g/mol. The maximum atomic E-state index is 3.89. The number of allylic oxidation sites excluding steroid dienone is 3. The summed E-state index contributed by atoms with van der Waals surface area (Å²) in [5.41, 5.74) is 2.29. The second-order valence-corrected chi connectivity index (χ2v) is 7.40. The van der Waals surface area contributed by atoms with Crippen molar-refractivity contribution >= 4 is 11.3 Å². The number of rotatable bonds is 9.